The molecule has 2 aromatic carbocycles. The second-order valence-electron chi connectivity index (χ2n) is 4.18. The van der Waals surface area contributed by atoms with Crippen LogP contribution in [0.3, 0.4) is 0 Å². The zero-order valence-electron chi connectivity index (χ0n) is 9.44. The molecule has 2 nitrogen and oxygen atoms in total. The van der Waals surface area contributed by atoms with Crippen molar-refractivity contribution >= 4 is 23.2 Å². The molecule has 3 rings (SSSR count). The van der Waals surface area contributed by atoms with Crippen molar-refractivity contribution in [2.45, 2.75) is 5.88 Å². The van der Waals surface area contributed by atoms with E-state index in [-0.39, 0.29) is 17.4 Å². The molecule has 0 fully saturated rings. The number of carbonyl (C=O) groups is 2. The third-order valence-electron chi connectivity index (χ3n) is 3.18. The van der Waals surface area contributed by atoms with Crippen LogP contribution in [0.2, 0.25) is 0 Å². The van der Waals surface area contributed by atoms with E-state index in [1.165, 1.54) is 0 Å². The number of hydrogen-bond acceptors (Lipinski definition) is 2. The first-order valence-corrected chi connectivity index (χ1v) is 6.13. The van der Waals surface area contributed by atoms with Crippen LogP contribution in [0.5, 0.6) is 0 Å². The third-order valence-corrected chi connectivity index (χ3v) is 3.47. The van der Waals surface area contributed by atoms with Gasteiger partial charge in [0, 0.05) is 28.1 Å². The summed E-state index contributed by atoms with van der Waals surface area (Å²) in [7, 11) is 0. The van der Waals surface area contributed by atoms with Gasteiger partial charge in [-0.3, -0.25) is 9.59 Å². The topological polar surface area (TPSA) is 34.1 Å². The summed E-state index contributed by atoms with van der Waals surface area (Å²) in [6, 6.07) is 12.1. The number of alkyl halides is 1. The fourth-order valence-corrected chi connectivity index (χ4v) is 2.55. The van der Waals surface area contributed by atoms with Crippen molar-refractivity contribution in [2.75, 3.05) is 0 Å². The zero-order valence-corrected chi connectivity index (χ0v) is 10.2. The Hall–Kier alpha value is -1.93. The first-order valence-electron chi connectivity index (χ1n) is 5.60. The van der Waals surface area contributed by atoms with Gasteiger partial charge >= 0.3 is 0 Å². The number of hydrogen-bond donors (Lipinski definition) is 0. The van der Waals surface area contributed by atoms with Crippen molar-refractivity contribution in [1.29, 1.82) is 0 Å². The SMILES string of the molecule is O=C1c2ccccc2C(=O)c2c(CCl)cccc21. The predicted molar refractivity (Wildman–Crippen MR) is 69.3 cm³/mol. The molecule has 1 aliphatic carbocycles. The van der Waals surface area contributed by atoms with Gasteiger partial charge in [-0.15, -0.1) is 11.6 Å². The summed E-state index contributed by atoms with van der Waals surface area (Å²) in [5.41, 5.74) is 2.56. The van der Waals surface area contributed by atoms with Crippen molar-refractivity contribution in [3.63, 3.8) is 0 Å². The molecule has 0 spiro atoms. The summed E-state index contributed by atoms with van der Waals surface area (Å²) in [6.07, 6.45) is 0. The van der Waals surface area contributed by atoms with Crippen LogP contribution < -0.4 is 0 Å². The standard InChI is InChI=1S/C15H9ClO2/c16-8-9-4-3-7-12-13(9)15(18)11-6-2-1-5-10(11)14(12)17/h1-7H,8H2. The molecule has 0 heterocycles. The molecule has 0 aromatic heterocycles. The molecule has 88 valence electrons. The Labute approximate surface area is 109 Å². The second kappa shape index (κ2) is 4.07. The van der Waals surface area contributed by atoms with Gasteiger partial charge in [-0.1, -0.05) is 42.5 Å². The van der Waals surface area contributed by atoms with Gasteiger partial charge in [0.25, 0.3) is 0 Å². The van der Waals surface area contributed by atoms with E-state index in [1.807, 2.05) is 0 Å². The Morgan fingerprint density at radius 3 is 2.06 bits per heavy atom. The number of ketones is 2. The fraction of sp³-hybridized carbons (Fsp3) is 0.0667. The van der Waals surface area contributed by atoms with Crippen LogP contribution in [0, 0.1) is 0 Å². The summed E-state index contributed by atoms with van der Waals surface area (Å²) in [5.74, 6) is 0.00767. The summed E-state index contributed by atoms with van der Waals surface area (Å²) in [6.45, 7) is 0. The second-order valence-corrected chi connectivity index (χ2v) is 4.44. The molecule has 3 heteroatoms. The lowest BCUT2D eigenvalue weighted by Crippen LogP contribution is -2.22. The van der Waals surface area contributed by atoms with Crippen LogP contribution >= 0.6 is 11.6 Å². The van der Waals surface area contributed by atoms with Gasteiger partial charge in [0.2, 0.25) is 0 Å². The van der Waals surface area contributed by atoms with Crippen molar-refractivity contribution in [3.8, 4) is 0 Å². The normalized spacial score (nSPS) is 13.2. The van der Waals surface area contributed by atoms with Gasteiger partial charge in [-0.2, -0.15) is 0 Å². The van der Waals surface area contributed by atoms with E-state index in [1.54, 1.807) is 42.5 Å². The lowest BCUT2D eigenvalue weighted by Gasteiger charge is -2.19. The predicted octanol–water partition coefficient (Wildman–Crippen LogP) is 3.20. The van der Waals surface area contributed by atoms with Crippen LogP contribution in [0.25, 0.3) is 0 Å². The summed E-state index contributed by atoms with van der Waals surface area (Å²) >= 11 is 5.84. The van der Waals surface area contributed by atoms with E-state index < -0.39 is 0 Å². The Morgan fingerprint density at radius 1 is 0.778 bits per heavy atom. The lowest BCUT2D eigenvalue weighted by atomic mass is 9.82. The number of benzene rings is 2. The molecular weight excluding hydrogens is 248 g/mol. The minimum atomic E-state index is -0.114. The Balaban J connectivity index is 2.34. The van der Waals surface area contributed by atoms with Gasteiger partial charge in [-0.25, -0.2) is 0 Å². The van der Waals surface area contributed by atoms with Crippen LogP contribution in [-0.4, -0.2) is 11.6 Å². The molecule has 18 heavy (non-hydrogen) atoms. The minimum Gasteiger partial charge on any atom is -0.289 e. The van der Waals surface area contributed by atoms with Crippen molar-refractivity contribution in [1.82, 2.24) is 0 Å². The highest BCUT2D eigenvalue weighted by Gasteiger charge is 2.30. The molecule has 0 amide bonds. The van der Waals surface area contributed by atoms with Crippen LogP contribution in [0.15, 0.2) is 42.5 Å². The number of rotatable bonds is 1. The molecule has 0 aliphatic heterocycles. The van der Waals surface area contributed by atoms with E-state index >= 15 is 0 Å². The average molecular weight is 257 g/mol. The molecule has 0 radical (unpaired) electrons. The lowest BCUT2D eigenvalue weighted by molar-refractivity contribution is 0.0978. The van der Waals surface area contributed by atoms with E-state index in [9.17, 15) is 9.59 Å². The highest BCUT2D eigenvalue weighted by Crippen LogP contribution is 2.29. The molecule has 1 aliphatic rings. The minimum absolute atomic E-state index is 0.104. The van der Waals surface area contributed by atoms with E-state index in [2.05, 4.69) is 0 Å². The highest BCUT2D eigenvalue weighted by molar-refractivity contribution is 6.29. The monoisotopic (exact) mass is 256 g/mol. The van der Waals surface area contributed by atoms with E-state index in [0.29, 0.717) is 27.8 Å². The Bertz CT molecular complexity index is 674. The summed E-state index contributed by atoms with van der Waals surface area (Å²) in [5, 5.41) is 0. The maximum absolute atomic E-state index is 12.4. The summed E-state index contributed by atoms with van der Waals surface area (Å²) < 4.78 is 0. The van der Waals surface area contributed by atoms with E-state index in [0.717, 1.165) is 0 Å². The first kappa shape index (κ1) is 11.2. The van der Waals surface area contributed by atoms with Crippen LogP contribution in [-0.2, 0) is 5.88 Å². The summed E-state index contributed by atoms with van der Waals surface area (Å²) in [4.78, 5) is 24.7. The Kier molecular flexibility index (Phi) is 2.53. The van der Waals surface area contributed by atoms with Gasteiger partial charge in [0.15, 0.2) is 11.6 Å². The molecule has 0 N–H and O–H groups in total. The van der Waals surface area contributed by atoms with Gasteiger partial charge in [0.05, 0.1) is 0 Å². The number of carbonyl (C=O) groups excluding carboxylic acids is 2. The van der Waals surface area contributed by atoms with Crippen molar-refractivity contribution in [2.24, 2.45) is 0 Å². The maximum atomic E-state index is 12.4. The molecule has 0 unspecified atom stereocenters. The quantitative estimate of drug-likeness (QED) is 0.627. The van der Waals surface area contributed by atoms with Crippen molar-refractivity contribution in [3.05, 3.63) is 70.3 Å². The zero-order chi connectivity index (χ0) is 12.7. The number of halogens is 1. The molecule has 0 atom stereocenters. The smallest absolute Gasteiger partial charge is 0.194 e. The van der Waals surface area contributed by atoms with E-state index in [4.69, 9.17) is 11.6 Å². The number of fused-ring (bicyclic) bond motifs is 2. The van der Waals surface area contributed by atoms with Crippen LogP contribution in [0.1, 0.15) is 37.4 Å². The molecule has 2 aromatic rings. The van der Waals surface area contributed by atoms with Gasteiger partial charge in [0.1, 0.15) is 0 Å². The molecule has 0 saturated heterocycles. The van der Waals surface area contributed by atoms with Crippen LogP contribution in [0.4, 0.5) is 0 Å². The highest BCUT2D eigenvalue weighted by atomic mass is 35.5. The molecular formula is C15H9ClO2. The molecule has 0 saturated carbocycles. The average Bonchev–Trinajstić information content (AvgIpc) is 2.44. The first-order chi connectivity index (χ1) is 8.74. The van der Waals surface area contributed by atoms with Gasteiger partial charge in [-0.05, 0) is 5.56 Å². The largest absolute Gasteiger partial charge is 0.289 e. The molecule has 0 bridgehead atoms. The Morgan fingerprint density at radius 2 is 1.39 bits per heavy atom. The van der Waals surface area contributed by atoms with Gasteiger partial charge < -0.3 is 0 Å². The van der Waals surface area contributed by atoms with Crippen molar-refractivity contribution < 1.29 is 9.59 Å². The maximum Gasteiger partial charge on any atom is 0.194 e. The third kappa shape index (κ3) is 1.42. The fourth-order valence-electron chi connectivity index (χ4n) is 2.33.